The van der Waals surface area contributed by atoms with Crippen molar-refractivity contribution < 1.29 is 4.79 Å². The lowest BCUT2D eigenvalue weighted by atomic mass is 10.0. The number of Topliss-reactive ketones (excluding diaryl/α,β-unsaturated/α-hetero) is 1. The predicted octanol–water partition coefficient (Wildman–Crippen LogP) is 4.13. The van der Waals surface area contributed by atoms with Crippen LogP contribution >= 0.6 is 11.8 Å². The molecule has 3 nitrogen and oxygen atoms in total. The first-order valence-electron chi connectivity index (χ1n) is 6.65. The van der Waals surface area contributed by atoms with E-state index in [1.54, 1.807) is 12.4 Å². The van der Waals surface area contributed by atoms with E-state index in [2.05, 4.69) is 9.97 Å². The van der Waals surface area contributed by atoms with Crippen molar-refractivity contribution in [2.24, 2.45) is 0 Å². The summed E-state index contributed by atoms with van der Waals surface area (Å²) in [5.41, 5.74) is 1.69. The molecule has 0 aliphatic rings. The lowest BCUT2D eigenvalue weighted by molar-refractivity contribution is 0.0989. The van der Waals surface area contributed by atoms with E-state index in [1.807, 2.05) is 60.7 Å². The summed E-state index contributed by atoms with van der Waals surface area (Å²) < 4.78 is 0. The molecule has 4 heteroatoms. The topological polar surface area (TPSA) is 45.8 Å². The summed E-state index contributed by atoms with van der Waals surface area (Å²) in [5.74, 6) is 0.0863. The molecule has 0 fully saturated rings. The average Bonchev–Trinajstić information content (AvgIpc) is 3.07. The molecule has 3 rings (SSSR count). The van der Waals surface area contributed by atoms with Gasteiger partial charge in [-0.15, -0.1) is 0 Å². The molecule has 1 atom stereocenters. The molecule has 0 radical (unpaired) electrons. The van der Waals surface area contributed by atoms with Gasteiger partial charge in [-0.25, -0.2) is 4.98 Å². The fraction of sp³-hybridized carbons (Fsp3) is 0.0588. The monoisotopic (exact) mass is 294 g/mol. The Morgan fingerprint density at radius 1 is 1.00 bits per heavy atom. The molecule has 3 aromatic rings. The number of aromatic amines is 1. The van der Waals surface area contributed by atoms with Crippen LogP contribution < -0.4 is 0 Å². The third kappa shape index (κ3) is 3.23. The van der Waals surface area contributed by atoms with Gasteiger partial charge < -0.3 is 4.98 Å². The van der Waals surface area contributed by atoms with Gasteiger partial charge in [0.15, 0.2) is 10.9 Å². The lowest BCUT2D eigenvalue weighted by Gasteiger charge is -2.14. The fourth-order valence-corrected chi connectivity index (χ4v) is 3.10. The zero-order valence-corrected chi connectivity index (χ0v) is 12.1. The Labute approximate surface area is 127 Å². The molecule has 0 saturated carbocycles. The van der Waals surface area contributed by atoms with Crippen LogP contribution in [0.4, 0.5) is 0 Å². The number of carbonyl (C=O) groups excluding carboxylic acids is 1. The van der Waals surface area contributed by atoms with Crippen molar-refractivity contribution in [2.75, 3.05) is 0 Å². The van der Waals surface area contributed by atoms with E-state index in [9.17, 15) is 4.79 Å². The van der Waals surface area contributed by atoms with E-state index < -0.39 is 0 Å². The van der Waals surface area contributed by atoms with Crippen molar-refractivity contribution >= 4 is 17.5 Å². The molecule has 0 saturated heterocycles. The minimum atomic E-state index is -0.306. The number of rotatable bonds is 5. The Hall–Kier alpha value is -2.33. The minimum absolute atomic E-state index is 0.0863. The van der Waals surface area contributed by atoms with Gasteiger partial charge in [-0.1, -0.05) is 72.4 Å². The smallest absolute Gasteiger partial charge is 0.180 e. The second kappa shape index (κ2) is 6.41. The average molecular weight is 294 g/mol. The molecule has 1 aromatic heterocycles. The molecule has 1 heterocycles. The summed E-state index contributed by atoms with van der Waals surface area (Å²) in [6, 6.07) is 19.2. The molecular weight excluding hydrogens is 280 g/mol. The summed E-state index contributed by atoms with van der Waals surface area (Å²) in [6.07, 6.45) is 3.45. The normalized spacial score (nSPS) is 12.0. The summed E-state index contributed by atoms with van der Waals surface area (Å²) in [4.78, 5) is 20.1. The minimum Gasteiger partial charge on any atom is -0.340 e. The van der Waals surface area contributed by atoms with Crippen LogP contribution in [0.5, 0.6) is 0 Å². The number of H-pyrrole nitrogens is 1. The number of ketones is 1. The van der Waals surface area contributed by atoms with Gasteiger partial charge in [0, 0.05) is 18.0 Å². The Morgan fingerprint density at radius 2 is 1.67 bits per heavy atom. The number of nitrogens with one attached hydrogen (secondary N) is 1. The number of benzene rings is 2. The Balaban J connectivity index is 1.94. The van der Waals surface area contributed by atoms with E-state index in [4.69, 9.17) is 0 Å². The number of thioether (sulfide) groups is 1. The number of nitrogens with zero attached hydrogens (tertiary/aromatic N) is 1. The molecule has 0 amide bonds. The molecule has 1 N–H and O–H groups in total. The Bertz CT molecular complexity index is 696. The maximum absolute atomic E-state index is 12.8. The van der Waals surface area contributed by atoms with Crippen LogP contribution in [0.2, 0.25) is 0 Å². The molecule has 0 bridgehead atoms. The number of hydrogen-bond acceptors (Lipinski definition) is 3. The van der Waals surface area contributed by atoms with Crippen molar-refractivity contribution in [3.05, 3.63) is 84.2 Å². The molecule has 0 aliphatic heterocycles. The van der Waals surface area contributed by atoms with Crippen LogP contribution in [-0.2, 0) is 0 Å². The van der Waals surface area contributed by atoms with E-state index in [1.165, 1.54) is 11.8 Å². The van der Waals surface area contributed by atoms with Gasteiger partial charge in [-0.2, -0.15) is 0 Å². The first kappa shape index (κ1) is 13.6. The summed E-state index contributed by atoms with van der Waals surface area (Å²) in [7, 11) is 0. The van der Waals surface area contributed by atoms with E-state index in [0.717, 1.165) is 10.7 Å². The number of hydrogen-bond donors (Lipinski definition) is 1. The van der Waals surface area contributed by atoms with Crippen molar-refractivity contribution in [2.45, 2.75) is 10.4 Å². The Morgan fingerprint density at radius 3 is 2.29 bits per heavy atom. The zero-order chi connectivity index (χ0) is 14.5. The molecule has 2 aromatic carbocycles. The van der Waals surface area contributed by atoms with Crippen molar-refractivity contribution in [3.63, 3.8) is 0 Å². The van der Waals surface area contributed by atoms with Crippen molar-refractivity contribution in [3.8, 4) is 0 Å². The quantitative estimate of drug-likeness (QED) is 0.568. The van der Waals surface area contributed by atoms with E-state index >= 15 is 0 Å². The third-order valence-electron chi connectivity index (χ3n) is 3.10. The molecule has 0 aliphatic carbocycles. The highest BCUT2D eigenvalue weighted by Crippen LogP contribution is 2.35. The van der Waals surface area contributed by atoms with Crippen molar-refractivity contribution in [1.82, 2.24) is 9.97 Å². The predicted molar refractivity (Wildman–Crippen MR) is 84.4 cm³/mol. The SMILES string of the molecule is O=C(c1ccccc1)C(Sc1ncc[nH]1)c1ccccc1. The highest BCUT2D eigenvalue weighted by atomic mass is 32.2. The van der Waals surface area contributed by atoms with Crippen molar-refractivity contribution in [1.29, 1.82) is 0 Å². The molecular formula is C17H14N2OS. The van der Waals surface area contributed by atoms with Crippen LogP contribution in [0.3, 0.4) is 0 Å². The highest BCUT2D eigenvalue weighted by Gasteiger charge is 2.24. The van der Waals surface area contributed by atoms with Gasteiger partial charge in [0.25, 0.3) is 0 Å². The number of carbonyl (C=O) groups is 1. The van der Waals surface area contributed by atoms with Gasteiger partial charge in [0.2, 0.25) is 0 Å². The van der Waals surface area contributed by atoms with Gasteiger partial charge in [0.1, 0.15) is 5.25 Å². The van der Waals surface area contributed by atoms with E-state index in [0.29, 0.717) is 5.56 Å². The van der Waals surface area contributed by atoms with Crippen LogP contribution in [0.1, 0.15) is 21.2 Å². The zero-order valence-electron chi connectivity index (χ0n) is 11.3. The van der Waals surface area contributed by atoms with Crippen LogP contribution in [0, 0.1) is 0 Å². The maximum Gasteiger partial charge on any atom is 0.180 e. The van der Waals surface area contributed by atoms with Gasteiger partial charge in [-0.3, -0.25) is 4.79 Å². The lowest BCUT2D eigenvalue weighted by Crippen LogP contribution is -2.10. The largest absolute Gasteiger partial charge is 0.340 e. The summed E-state index contributed by atoms with van der Waals surface area (Å²) in [5, 5.41) is 0.438. The summed E-state index contributed by atoms with van der Waals surface area (Å²) in [6.45, 7) is 0. The molecule has 0 spiro atoms. The van der Waals surface area contributed by atoms with Crippen LogP contribution in [-0.4, -0.2) is 15.8 Å². The standard InChI is InChI=1S/C17H14N2OS/c20-15(13-7-3-1-4-8-13)16(14-9-5-2-6-10-14)21-17-18-11-12-19-17/h1-12,16H,(H,18,19). The summed E-state index contributed by atoms with van der Waals surface area (Å²) >= 11 is 1.44. The van der Waals surface area contributed by atoms with Gasteiger partial charge in [0.05, 0.1) is 0 Å². The first-order valence-corrected chi connectivity index (χ1v) is 7.53. The molecule has 104 valence electrons. The van der Waals surface area contributed by atoms with Gasteiger partial charge in [-0.05, 0) is 5.56 Å². The first-order chi connectivity index (χ1) is 10.3. The second-order valence-electron chi connectivity index (χ2n) is 4.53. The van der Waals surface area contributed by atoms with E-state index in [-0.39, 0.29) is 11.0 Å². The number of imidazole rings is 1. The fourth-order valence-electron chi connectivity index (χ4n) is 2.08. The third-order valence-corrected chi connectivity index (χ3v) is 4.27. The molecule has 21 heavy (non-hydrogen) atoms. The molecule has 1 unspecified atom stereocenters. The second-order valence-corrected chi connectivity index (χ2v) is 5.63. The highest BCUT2D eigenvalue weighted by molar-refractivity contribution is 8.00. The Kier molecular flexibility index (Phi) is 4.17. The van der Waals surface area contributed by atoms with Crippen LogP contribution in [0.25, 0.3) is 0 Å². The number of aromatic nitrogens is 2. The van der Waals surface area contributed by atoms with Gasteiger partial charge >= 0.3 is 0 Å². The maximum atomic E-state index is 12.8. The van der Waals surface area contributed by atoms with Crippen LogP contribution in [0.15, 0.2) is 78.2 Å².